The van der Waals surface area contributed by atoms with E-state index in [1.54, 1.807) is 0 Å². The molecule has 0 radical (unpaired) electrons. The summed E-state index contributed by atoms with van der Waals surface area (Å²) in [4.78, 5) is 8.91. The van der Waals surface area contributed by atoms with Crippen molar-refractivity contribution >= 4 is 21.7 Å². The Morgan fingerprint density at radius 1 is 1.41 bits per heavy atom. The molecule has 6 heteroatoms. The number of aromatic nitrogens is 2. The molecule has 1 aliphatic heterocycles. The minimum atomic E-state index is -0.159. The fourth-order valence-corrected chi connectivity index (χ4v) is 1.96. The van der Waals surface area contributed by atoms with Crippen LogP contribution in [0.2, 0.25) is 0 Å². The molecule has 1 unspecified atom stereocenters. The number of halogens is 1. The van der Waals surface area contributed by atoms with Gasteiger partial charge in [0.05, 0.1) is 30.0 Å². The SMILES string of the molecule is CCNc1nc(C2COCCO2)nc(C)c1Br. The highest BCUT2D eigenvalue weighted by Gasteiger charge is 2.21. The van der Waals surface area contributed by atoms with Gasteiger partial charge in [0.25, 0.3) is 0 Å². The number of nitrogens with zero attached hydrogens (tertiary/aromatic N) is 2. The first-order valence-corrected chi connectivity index (χ1v) is 6.49. The Hall–Kier alpha value is -0.720. The van der Waals surface area contributed by atoms with Crippen LogP contribution in [0, 0.1) is 6.92 Å². The van der Waals surface area contributed by atoms with E-state index in [-0.39, 0.29) is 6.10 Å². The Morgan fingerprint density at radius 2 is 2.24 bits per heavy atom. The third-order valence-electron chi connectivity index (χ3n) is 2.48. The predicted molar refractivity (Wildman–Crippen MR) is 68.1 cm³/mol. The highest BCUT2D eigenvalue weighted by Crippen LogP contribution is 2.26. The van der Waals surface area contributed by atoms with Crippen LogP contribution in [0.4, 0.5) is 5.82 Å². The third-order valence-corrected chi connectivity index (χ3v) is 3.43. The molecule has 2 heterocycles. The van der Waals surface area contributed by atoms with Gasteiger partial charge < -0.3 is 14.8 Å². The van der Waals surface area contributed by atoms with Crippen LogP contribution in [0.15, 0.2) is 4.47 Å². The predicted octanol–water partition coefficient (Wildman–Crippen LogP) is 2.07. The van der Waals surface area contributed by atoms with Crippen LogP contribution in [-0.4, -0.2) is 36.3 Å². The van der Waals surface area contributed by atoms with Gasteiger partial charge in [0.1, 0.15) is 11.9 Å². The van der Waals surface area contributed by atoms with E-state index in [0.29, 0.717) is 25.6 Å². The van der Waals surface area contributed by atoms with Crippen molar-refractivity contribution in [2.45, 2.75) is 20.0 Å². The Morgan fingerprint density at radius 3 is 2.88 bits per heavy atom. The lowest BCUT2D eigenvalue weighted by Crippen LogP contribution is -2.24. The van der Waals surface area contributed by atoms with Crippen molar-refractivity contribution in [1.29, 1.82) is 0 Å². The molecule has 1 aromatic heterocycles. The van der Waals surface area contributed by atoms with Crippen LogP contribution < -0.4 is 5.32 Å². The van der Waals surface area contributed by atoms with E-state index in [1.165, 1.54) is 0 Å². The summed E-state index contributed by atoms with van der Waals surface area (Å²) in [5.41, 5.74) is 0.903. The lowest BCUT2D eigenvalue weighted by Gasteiger charge is -2.22. The zero-order valence-corrected chi connectivity index (χ0v) is 11.6. The van der Waals surface area contributed by atoms with Gasteiger partial charge in [0.2, 0.25) is 0 Å². The number of nitrogens with one attached hydrogen (secondary N) is 1. The number of anilines is 1. The molecule has 1 aliphatic rings. The second-order valence-electron chi connectivity index (χ2n) is 3.79. The molecular weight excluding hydrogens is 286 g/mol. The van der Waals surface area contributed by atoms with E-state index in [9.17, 15) is 0 Å². The van der Waals surface area contributed by atoms with Gasteiger partial charge in [-0.25, -0.2) is 9.97 Å². The molecule has 0 aromatic carbocycles. The number of hydrogen-bond acceptors (Lipinski definition) is 5. The molecule has 1 atom stereocenters. The number of ether oxygens (including phenoxy) is 2. The maximum absolute atomic E-state index is 5.60. The molecular formula is C11H16BrN3O2. The molecule has 0 saturated carbocycles. The Labute approximate surface area is 109 Å². The minimum Gasteiger partial charge on any atom is -0.376 e. The topological polar surface area (TPSA) is 56.3 Å². The van der Waals surface area contributed by atoms with Crippen LogP contribution in [0.1, 0.15) is 24.5 Å². The number of rotatable bonds is 3. The average Bonchev–Trinajstić information content (AvgIpc) is 2.36. The van der Waals surface area contributed by atoms with Crippen molar-refractivity contribution in [3.63, 3.8) is 0 Å². The molecule has 0 aliphatic carbocycles. The molecule has 1 N–H and O–H groups in total. The van der Waals surface area contributed by atoms with Crippen molar-refractivity contribution in [2.24, 2.45) is 0 Å². The fourth-order valence-electron chi connectivity index (χ4n) is 1.65. The molecule has 94 valence electrons. The van der Waals surface area contributed by atoms with Gasteiger partial charge in [-0.2, -0.15) is 0 Å². The summed E-state index contributed by atoms with van der Waals surface area (Å²) in [5, 5.41) is 3.20. The second kappa shape index (κ2) is 5.75. The second-order valence-corrected chi connectivity index (χ2v) is 4.59. The smallest absolute Gasteiger partial charge is 0.162 e. The Kier molecular flexibility index (Phi) is 4.31. The van der Waals surface area contributed by atoms with Crippen molar-refractivity contribution in [2.75, 3.05) is 31.7 Å². The maximum atomic E-state index is 5.60. The third kappa shape index (κ3) is 2.94. The molecule has 0 spiro atoms. The molecule has 17 heavy (non-hydrogen) atoms. The molecule has 1 saturated heterocycles. The van der Waals surface area contributed by atoms with E-state index >= 15 is 0 Å². The van der Waals surface area contributed by atoms with Gasteiger partial charge in [-0.05, 0) is 29.8 Å². The average molecular weight is 302 g/mol. The summed E-state index contributed by atoms with van der Waals surface area (Å²) >= 11 is 3.48. The summed E-state index contributed by atoms with van der Waals surface area (Å²) < 4.78 is 11.9. The van der Waals surface area contributed by atoms with Crippen molar-refractivity contribution in [3.05, 3.63) is 16.0 Å². The minimum absolute atomic E-state index is 0.159. The van der Waals surface area contributed by atoms with Gasteiger partial charge in [-0.1, -0.05) is 0 Å². The van der Waals surface area contributed by atoms with E-state index in [4.69, 9.17) is 9.47 Å². The monoisotopic (exact) mass is 301 g/mol. The lowest BCUT2D eigenvalue weighted by molar-refractivity contribution is -0.0935. The quantitative estimate of drug-likeness (QED) is 0.926. The standard InChI is InChI=1S/C11H16BrN3O2/c1-3-13-11-9(12)7(2)14-10(15-11)8-6-16-4-5-17-8/h8H,3-6H2,1-2H3,(H,13,14,15). The van der Waals surface area contributed by atoms with Crippen molar-refractivity contribution in [1.82, 2.24) is 9.97 Å². The van der Waals surface area contributed by atoms with Crippen molar-refractivity contribution in [3.8, 4) is 0 Å². The first-order chi connectivity index (χ1) is 8.22. The highest BCUT2D eigenvalue weighted by molar-refractivity contribution is 9.10. The van der Waals surface area contributed by atoms with Crippen LogP contribution in [-0.2, 0) is 9.47 Å². The first kappa shape index (κ1) is 12.7. The zero-order chi connectivity index (χ0) is 12.3. The van der Waals surface area contributed by atoms with Gasteiger partial charge in [0.15, 0.2) is 5.82 Å². The van der Waals surface area contributed by atoms with Crippen LogP contribution >= 0.6 is 15.9 Å². The molecule has 1 fully saturated rings. The first-order valence-electron chi connectivity index (χ1n) is 5.69. The largest absolute Gasteiger partial charge is 0.376 e. The van der Waals surface area contributed by atoms with Crippen molar-refractivity contribution < 1.29 is 9.47 Å². The number of aryl methyl sites for hydroxylation is 1. The Bertz CT molecular complexity index is 395. The molecule has 0 bridgehead atoms. The van der Waals surface area contributed by atoms with E-state index in [2.05, 4.69) is 31.2 Å². The van der Waals surface area contributed by atoms with E-state index in [1.807, 2.05) is 13.8 Å². The van der Waals surface area contributed by atoms with Gasteiger partial charge >= 0.3 is 0 Å². The Balaban J connectivity index is 2.27. The summed E-state index contributed by atoms with van der Waals surface area (Å²) in [6.07, 6.45) is -0.159. The molecule has 2 rings (SSSR count). The van der Waals surface area contributed by atoms with Gasteiger partial charge in [0, 0.05) is 6.54 Å². The molecule has 0 amide bonds. The maximum Gasteiger partial charge on any atom is 0.162 e. The summed E-state index contributed by atoms with van der Waals surface area (Å²) in [7, 11) is 0. The lowest BCUT2D eigenvalue weighted by atomic mass is 10.3. The summed E-state index contributed by atoms with van der Waals surface area (Å²) in [6, 6.07) is 0. The molecule has 5 nitrogen and oxygen atoms in total. The molecule has 1 aromatic rings. The normalized spacial score (nSPS) is 20.3. The van der Waals surface area contributed by atoms with Crippen LogP contribution in [0.5, 0.6) is 0 Å². The van der Waals surface area contributed by atoms with E-state index < -0.39 is 0 Å². The fraction of sp³-hybridized carbons (Fsp3) is 0.636. The van der Waals surface area contributed by atoms with Crippen LogP contribution in [0.3, 0.4) is 0 Å². The van der Waals surface area contributed by atoms with Crippen LogP contribution in [0.25, 0.3) is 0 Å². The van der Waals surface area contributed by atoms with E-state index in [0.717, 1.165) is 22.5 Å². The van der Waals surface area contributed by atoms with Gasteiger partial charge in [-0.3, -0.25) is 0 Å². The zero-order valence-electron chi connectivity index (χ0n) is 9.99. The summed E-state index contributed by atoms with van der Waals surface area (Å²) in [5.74, 6) is 1.49. The highest BCUT2D eigenvalue weighted by atomic mass is 79.9. The van der Waals surface area contributed by atoms with Gasteiger partial charge in [-0.15, -0.1) is 0 Å². The summed E-state index contributed by atoms with van der Waals surface area (Å²) in [6.45, 7) is 6.55. The number of hydrogen-bond donors (Lipinski definition) is 1.